The summed E-state index contributed by atoms with van der Waals surface area (Å²) in [4.78, 5) is 0. The second-order valence-electron chi connectivity index (χ2n) is 7.52. The van der Waals surface area contributed by atoms with Crippen molar-refractivity contribution in [2.24, 2.45) is 0 Å². The highest BCUT2D eigenvalue weighted by Crippen LogP contribution is 2.48. The summed E-state index contributed by atoms with van der Waals surface area (Å²) < 4.78 is 17.5. The summed E-state index contributed by atoms with van der Waals surface area (Å²) in [5.74, 6) is 1.72. The summed E-state index contributed by atoms with van der Waals surface area (Å²) in [5.41, 5.74) is 6.45. The van der Waals surface area contributed by atoms with Crippen molar-refractivity contribution in [3.8, 4) is 11.5 Å². The molecule has 0 saturated carbocycles. The number of aryl methyl sites for hydroxylation is 1. The van der Waals surface area contributed by atoms with E-state index in [1.54, 1.807) is 14.2 Å². The van der Waals surface area contributed by atoms with E-state index in [1.165, 1.54) is 5.56 Å². The van der Waals surface area contributed by atoms with Gasteiger partial charge in [0.15, 0.2) is 0 Å². The Kier molecular flexibility index (Phi) is 5.89. The third-order valence-corrected chi connectivity index (χ3v) is 5.79. The molecule has 1 aliphatic rings. The predicted molar refractivity (Wildman–Crippen MR) is 121 cm³/mol. The molecule has 4 nitrogen and oxygen atoms in total. The normalized spacial score (nSPS) is 17.5. The number of benzene rings is 3. The molecule has 0 aliphatic carbocycles. The van der Waals surface area contributed by atoms with Gasteiger partial charge in [-0.25, -0.2) is 0 Å². The average Bonchev–Trinajstić information content (AvgIpc) is 3.10. The molecule has 3 aromatic rings. The van der Waals surface area contributed by atoms with Gasteiger partial charge in [0.25, 0.3) is 0 Å². The maximum Gasteiger partial charge on any atom is 0.125 e. The Balaban J connectivity index is 1.68. The highest BCUT2D eigenvalue weighted by atomic mass is 35.5. The molecule has 1 aliphatic heterocycles. The Morgan fingerprint density at radius 1 is 0.967 bits per heavy atom. The highest BCUT2D eigenvalue weighted by molar-refractivity contribution is 6.30. The van der Waals surface area contributed by atoms with Gasteiger partial charge >= 0.3 is 0 Å². The summed E-state index contributed by atoms with van der Waals surface area (Å²) in [6.07, 6.45) is -0.281. The molecule has 0 radical (unpaired) electrons. The van der Waals surface area contributed by atoms with Crippen molar-refractivity contribution in [2.45, 2.75) is 32.6 Å². The Labute approximate surface area is 182 Å². The topological polar surface area (TPSA) is 39.7 Å². The minimum absolute atomic E-state index is 0.0647. The van der Waals surface area contributed by atoms with Crippen molar-refractivity contribution in [2.75, 3.05) is 19.5 Å². The van der Waals surface area contributed by atoms with Gasteiger partial charge in [-0.1, -0.05) is 35.9 Å². The number of nitrogens with one attached hydrogen (secondary N) is 1. The summed E-state index contributed by atoms with van der Waals surface area (Å²) >= 11 is 6.37. The van der Waals surface area contributed by atoms with Crippen LogP contribution >= 0.6 is 11.6 Å². The van der Waals surface area contributed by atoms with Crippen LogP contribution in [-0.2, 0) is 11.3 Å². The number of halogens is 1. The van der Waals surface area contributed by atoms with Gasteiger partial charge in [0.1, 0.15) is 17.6 Å². The van der Waals surface area contributed by atoms with Crippen molar-refractivity contribution in [3.05, 3.63) is 87.4 Å². The smallest absolute Gasteiger partial charge is 0.125 e. The second-order valence-corrected chi connectivity index (χ2v) is 7.96. The van der Waals surface area contributed by atoms with E-state index < -0.39 is 0 Å². The van der Waals surface area contributed by atoms with Crippen molar-refractivity contribution in [3.63, 3.8) is 0 Å². The Bertz CT molecular complexity index is 1070. The number of anilines is 1. The fourth-order valence-corrected chi connectivity index (χ4v) is 4.27. The molecule has 2 unspecified atom stereocenters. The number of methoxy groups -OCH3 is 2. The molecule has 0 spiro atoms. The molecule has 2 atom stereocenters. The van der Waals surface area contributed by atoms with Crippen LogP contribution in [0, 0.1) is 6.92 Å². The Hall–Kier alpha value is -2.69. The van der Waals surface area contributed by atoms with E-state index in [2.05, 4.69) is 37.4 Å². The molecule has 4 rings (SSSR count). The van der Waals surface area contributed by atoms with Crippen molar-refractivity contribution in [1.82, 2.24) is 0 Å². The maximum atomic E-state index is 6.37. The van der Waals surface area contributed by atoms with Gasteiger partial charge in [-0.2, -0.15) is 0 Å². The highest BCUT2D eigenvalue weighted by Gasteiger charge is 2.34. The van der Waals surface area contributed by atoms with Gasteiger partial charge in [0.05, 0.1) is 20.3 Å². The zero-order chi connectivity index (χ0) is 21.3. The molecule has 1 heterocycles. The zero-order valence-corrected chi connectivity index (χ0v) is 18.4. The quantitative estimate of drug-likeness (QED) is 0.494. The van der Waals surface area contributed by atoms with Gasteiger partial charge in [-0.3, -0.25) is 0 Å². The third kappa shape index (κ3) is 3.85. The van der Waals surface area contributed by atoms with Crippen LogP contribution in [0.2, 0.25) is 5.02 Å². The van der Waals surface area contributed by atoms with Crippen molar-refractivity contribution >= 4 is 17.3 Å². The van der Waals surface area contributed by atoms with E-state index >= 15 is 0 Å². The molecule has 0 fully saturated rings. The molecule has 30 heavy (non-hydrogen) atoms. The van der Waals surface area contributed by atoms with E-state index in [0.717, 1.165) is 39.4 Å². The van der Waals surface area contributed by atoms with E-state index in [-0.39, 0.29) is 12.2 Å². The molecular formula is C25H26ClNO3. The lowest BCUT2D eigenvalue weighted by molar-refractivity contribution is 0.0450. The molecule has 5 heteroatoms. The van der Waals surface area contributed by atoms with Gasteiger partial charge in [0, 0.05) is 33.9 Å². The predicted octanol–water partition coefficient (Wildman–Crippen LogP) is 6.46. The molecular weight excluding hydrogens is 398 g/mol. The van der Waals surface area contributed by atoms with E-state index in [0.29, 0.717) is 11.6 Å². The lowest BCUT2D eigenvalue weighted by atomic mass is 9.96. The van der Waals surface area contributed by atoms with Crippen LogP contribution in [0.25, 0.3) is 0 Å². The first kappa shape index (κ1) is 20.6. The average molecular weight is 424 g/mol. The fraction of sp³-hybridized carbons (Fsp3) is 0.280. The minimum atomic E-state index is -0.216. The van der Waals surface area contributed by atoms with Crippen molar-refractivity contribution in [1.29, 1.82) is 0 Å². The summed E-state index contributed by atoms with van der Waals surface area (Å²) in [6.45, 7) is 4.74. The van der Waals surface area contributed by atoms with Crippen LogP contribution in [0.4, 0.5) is 5.69 Å². The lowest BCUT2D eigenvalue weighted by Crippen LogP contribution is -2.08. The molecule has 0 amide bonds. The van der Waals surface area contributed by atoms with Gasteiger partial charge in [-0.15, -0.1) is 0 Å². The second kappa shape index (κ2) is 8.58. The van der Waals surface area contributed by atoms with E-state index in [1.807, 2.05) is 36.4 Å². The van der Waals surface area contributed by atoms with Crippen LogP contribution in [-0.4, -0.2) is 14.2 Å². The first-order valence-electron chi connectivity index (χ1n) is 10.0. The van der Waals surface area contributed by atoms with Gasteiger partial charge in [-0.05, 0) is 55.3 Å². The summed E-state index contributed by atoms with van der Waals surface area (Å²) in [6, 6.07) is 18.2. The zero-order valence-electron chi connectivity index (χ0n) is 17.7. The molecule has 0 bridgehead atoms. The molecule has 0 saturated heterocycles. The maximum absolute atomic E-state index is 6.37. The first-order chi connectivity index (χ1) is 14.5. The van der Waals surface area contributed by atoms with Gasteiger partial charge in [0.2, 0.25) is 0 Å². The lowest BCUT2D eigenvalue weighted by Gasteiger charge is -2.19. The summed E-state index contributed by atoms with van der Waals surface area (Å²) in [5, 5.41) is 4.23. The fourth-order valence-electron chi connectivity index (χ4n) is 4.09. The third-order valence-electron chi connectivity index (χ3n) is 5.56. The molecule has 156 valence electrons. The number of rotatable bonds is 6. The molecule has 3 aromatic carbocycles. The largest absolute Gasteiger partial charge is 0.496 e. The van der Waals surface area contributed by atoms with Gasteiger partial charge < -0.3 is 19.5 Å². The van der Waals surface area contributed by atoms with Crippen LogP contribution in [0.3, 0.4) is 0 Å². The number of hydrogen-bond donors (Lipinski definition) is 1. The molecule has 0 aromatic heterocycles. The van der Waals surface area contributed by atoms with Crippen LogP contribution in [0.15, 0.2) is 54.6 Å². The summed E-state index contributed by atoms with van der Waals surface area (Å²) in [7, 11) is 3.39. The van der Waals surface area contributed by atoms with Crippen LogP contribution in [0.1, 0.15) is 46.9 Å². The number of fused-ring (bicyclic) bond motifs is 1. The SMILES string of the molecule is COc1cc(C)ccc1CNc1ccc(Cl)cc1C1OC(C)c2c(OC)cccc21. The Morgan fingerprint density at radius 3 is 2.53 bits per heavy atom. The van der Waals surface area contributed by atoms with E-state index in [4.69, 9.17) is 25.8 Å². The monoisotopic (exact) mass is 423 g/mol. The number of ether oxygens (including phenoxy) is 3. The van der Waals surface area contributed by atoms with E-state index in [9.17, 15) is 0 Å². The minimum Gasteiger partial charge on any atom is -0.496 e. The Morgan fingerprint density at radius 2 is 1.77 bits per heavy atom. The standard InChI is InChI=1S/C25H26ClNO3/c1-15-8-9-17(23(12-15)29-4)14-27-21-11-10-18(26)13-20(21)25-19-6-5-7-22(28-3)24(19)16(2)30-25/h5-13,16,25,27H,14H2,1-4H3. The van der Waals surface area contributed by atoms with Crippen LogP contribution in [0.5, 0.6) is 11.5 Å². The van der Waals surface area contributed by atoms with Crippen LogP contribution < -0.4 is 14.8 Å². The number of hydrogen-bond acceptors (Lipinski definition) is 4. The molecule has 1 N–H and O–H groups in total. The van der Waals surface area contributed by atoms with Crippen molar-refractivity contribution < 1.29 is 14.2 Å². The first-order valence-corrected chi connectivity index (χ1v) is 10.4.